The maximum atomic E-state index is 11.9. The normalized spacial score (nSPS) is 10.7. The lowest BCUT2D eigenvalue weighted by molar-refractivity contribution is -0.116. The van der Waals surface area contributed by atoms with Crippen LogP contribution in [-0.4, -0.2) is 11.0 Å². The van der Waals surface area contributed by atoms with Gasteiger partial charge in [-0.3, -0.25) is 4.79 Å². The van der Waals surface area contributed by atoms with Crippen LogP contribution >= 0.6 is 0 Å². The van der Waals surface area contributed by atoms with Gasteiger partial charge in [0.1, 0.15) is 5.75 Å². The van der Waals surface area contributed by atoms with Crippen LogP contribution in [0.1, 0.15) is 83.1 Å². The lowest BCUT2D eigenvalue weighted by atomic mass is 10.1. The van der Waals surface area contributed by atoms with Crippen molar-refractivity contribution in [3.63, 3.8) is 0 Å². The van der Waals surface area contributed by atoms with Crippen molar-refractivity contribution in [2.24, 2.45) is 0 Å². The molecule has 0 heterocycles. The number of unbranched alkanes of at least 4 members (excludes halogenated alkanes) is 9. The van der Waals surface area contributed by atoms with E-state index in [1.54, 1.807) is 12.1 Å². The molecule has 0 aliphatic carbocycles. The van der Waals surface area contributed by atoms with Crippen molar-refractivity contribution in [2.45, 2.75) is 84.5 Å². The van der Waals surface area contributed by atoms with Crippen LogP contribution in [0.15, 0.2) is 18.2 Å². The predicted molar refractivity (Wildman–Crippen MR) is 97.9 cm³/mol. The SMILES string of the molecule is CCCCCCCCCCCCC(=O)Nc1cc(C)ccc1O. The Hall–Kier alpha value is -1.51. The number of hydrogen-bond acceptors (Lipinski definition) is 2. The first-order valence-corrected chi connectivity index (χ1v) is 9.23. The summed E-state index contributed by atoms with van der Waals surface area (Å²) in [5.41, 5.74) is 1.54. The van der Waals surface area contributed by atoms with Gasteiger partial charge >= 0.3 is 0 Å². The van der Waals surface area contributed by atoms with Crippen LogP contribution < -0.4 is 5.32 Å². The van der Waals surface area contributed by atoms with E-state index in [0.717, 1.165) is 18.4 Å². The number of carbonyl (C=O) groups excluding carboxylic acids is 1. The number of nitrogens with one attached hydrogen (secondary N) is 1. The molecule has 0 saturated heterocycles. The van der Waals surface area contributed by atoms with Gasteiger partial charge in [0.25, 0.3) is 0 Å². The van der Waals surface area contributed by atoms with Crippen LogP contribution in [-0.2, 0) is 4.79 Å². The molecule has 130 valence electrons. The third kappa shape index (κ3) is 9.27. The van der Waals surface area contributed by atoms with Crippen LogP contribution in [0, 0.1) is 6.92 Å². The maximum absolute atomic E-state index is 11.9. The minimum absolute atomic E-state index is 0.00883. The highest BCUT2D eigenvalue weighted by atomic mass is 16.3. The van der Waals surface area contributed by atoms with E-state index in [1.807, 2.05) is 13.0 Å². The Balaban J connectivity index is 2.03. The third-order valence-corrected chi connectivity index (χ3v) is 4.18. The molecular formula is C20H33NO2. The fourth-order valence-electron chi connectivity index (χ4n) is 2.74. The Labute approximate surface area is 141 Å². The molecule has 23 heavy (non-hydrogen) atoms. The second kappa shape index (κ2) is 12.0. The number of amides is 1. The fraction of sp³-hybridized carbons (Fsp3) is 0.650. The molecule has 0 spiro atoms. The number of anilines is 1. The second-order valence-corrected chi connectivity index (χ2v) is 6.50. The molecule has 1 rings (SSSR count). The molecule has 0 fully saturated rings. The van der Waals surface area contributed by atoms with E-state index in [2.05, 4.69) is 12.2 Å². The summed E-state index contributed by atoms with van der Waals surface area (Å²) in [6, 6.07) is 5.24. The molecule has 0 aliphatic rings. The molecular weight excluding hydrogens is 286 g/mol. The van der Waals surface area contributed by atoms with Crippen molar-refractivity contribution >= 4 is 11.6 Å². The van der Waals surface area contributed by atoms with Gasteiger partial charge in [-0.15, -0.1) is 0 Å². The number of phenols is 1. The van der Waals surface area contributed by atoms with Crippen LogP contribution in [0.4, 0.5) is 5.69 Å². The van der Waals surface area contributed by atoms with Crippen molar-refractivity contribution in [2.75, 3.05) is 5.32 Å². The molecule has 0 aliphatic heterocycles. The molecule has 3 heteroatoms. The van der Waals surface area contributed by atoms with E-state index in [4.69, 9.17) is 0 Å². The zero-order chi connectivity index (χ0) is 16.9. The molecule has 0 atom stereocenters. The summed E-state index contributed by atoms with van der Waals surface area (Å²) in [7, 11) is 0. The number of carbonyl (C=O) groups is 1. The highest BCUT2D eigenvalue weighted by molar-refractivity contribution is 5.92. The Bertz CT molecular complexity index is 457. The quantitative estimate of drug-likeness (QED) is 0.369. The number of benzene rings is 1. The summed E-state index contributed by atoms with van der Waals surface area (Å²) < 4.78 is 0. The van der Waals surface area contributed by atoms with Gasteiger partial charge in [0, 0.05) is 6.42 Å². The summed E-state index contributed by atoms with van der Waals surface area (Å²) in [6.07, 6.45) is 13.2. The van der Waals surface area contributed by atoms with Crippen LogP contribution in [0.5, 0.6) is 5.75 Å². The standard InChI is InChI=1S/C20H33NO2/c1-3-4-5-6-7-8-9-10-11-12-13-20(23)21-18-16-17(2)14-15-19(18)22/h14-16,22H,3-13H2,1-2H3,(H,21,23). The van der Waals surface area contributed by atoms with Crippen molar-refractivity contribution in [1.82, 2.24) is 0 Å². The van der Waals surface area contributed by atoms with E-state index in [1.165, 1.54) is 51.4 Å². The Morgan fingerprint density at radius 2 is 1.52 bits per heavy atom. The summed E-state index contributed by atoms with van der Waals surface area (Å²) in [5, 5.41) is 12.5. The van der Waals surface area contributed by atoms with Gasteiger partial charge in [-0.05, 0) is 31.0 Å². The predicted octanol–water partition coefficient (Wildman–Crippen LogP) is 5.95. The Morgan fingerprint density at radius 3 is 2.13 bits per heavy atom. The molecule has 0 radical (unpaired) electrons. The van der Waals surface area contributed by atoms with Crippen molar-refractivity contribution in [3.8, 4) is 5.75 Å². The lowest BCUT2D eigenvalue weighted by Crippen LogP contribution is -2.11. The Kier molecular flexibility index (Phi) is 10.2. The van der Waals surface area contributed by atoms with E-state index >= 15 is 0 Å². The minimum atomic E-state index is -0.00883. The molecule has 0 bridgehead atoms. The molecule has 2 N–H and O–H groups in total. The molecule has 0 aromatic heterocycles. The number of hydrogen-bond donors (Lipinski definition) is 2. The average Bonchev–Trinajstić information content (AvgIpc) is 2.53. The zero-order valence-electron chi connectivity index (χ0n) is 14.9. The zero-order valence-corrected chi connectivity index (χ0v) is 14.9. The van der Waals surface area contributed by atoms with Crippen LogP contribution in [0.25, 0.3) is 0 Å². The van der Waals surface area contributed by atoms with Gasteiger partial charge in [0.15, 0.2) is 0 Å². The first-order valence-electron chi connectivity index (χ1n) is 9.23. The average molecular weight is 319 g/mol. The fourth-order valence-corrected chi connectivity index (χ4v) is 2.74. The monoisotopic (exact) mass is 319 g/mol. The first kappa shape index (κ1) is 19.5. The molecule has 0 saturated carbocycles. The molecule has 1 aromatic rings. The first-order chi connectivity index (χ1) is 11.1. The number of phenolic OH excluding ortho intramolecular Hbond substituents is 1. The third-order valence-electron chi connectivity index (χ3n) is 4.18. The van der Waals surface area contributed by atoms with E-state index in [9.17, 15) is 9.90 Å². The highest BCUT2D eigenvalue weighted by Gasteiger charge is 2.06. The van der Waals surface area contributed by atoms with Gasteiger partial charge in [0.05, 0.1) is 5.69 Å². The molecule has 3 nitrogen and oxygen atoms in total. The second-order valence-electron chi connectivity index (χ2n) is 6.50. The topological polar surface area (TPSA) is 49.3 Å². The maximum Gasteiger partial charge on any atom is 0.224 e. The van der Waals surface area contributed by atoms with E-state index in [0.29, 0.717) is 12.1 Å². The van der Waals surface area contributed by atoms with Gasteiger partial charge in [-0.25, -0.2) is 0 Å². The van der Waals surface area contributed by atoms with Gasteiger partial charge < -0.3 is 10.4 Å². The van der Waals surface area contributed by atoms with Gasteiger partial charge in [-0.2, -0.15) is 0 Å². The highest BCUT2D eigenvalue weighted by Crippen LogP contribution is 2.24. The van der Waals surface area contributed by atoms with Crippen molar-refractivity contribution < 1.29 is 9.90 Å². The van der Waals surface area contributed by atoms with Gasteiger partial charge in [0.2, 0.25) is 5.91 Å². The van der Waals surface area contributed by atoms with Crippen LogP contribution in [0.2, 0.25) is 0 Å². The Morgan fingerprint density at radius 1 is 0.957 bits per heavy atom. The molecule has 1 aromatic carbocycles. The lowest BCUT2D eigenvalue weighted by Gasteiger charge is -2.08. The summed E-state index contributed by atoms with van der Waals surface area (Å²) in [6.45, 7) is 4.19. The van der Waals surface area contributed by atoms with Crippen molar-refractivity contribution in [3.05, 3.63) is 23.8 Å². The number of rotatable bonds is 12. The number of aryl methyl sites for hydroxylation is 1. The summed E-state index contributed by atoms with van der Waals surface area (Å²) in [4.78, 5) is 11.9. The molecule has 1 amide bonds. The van der Waals surface area contributed by atoms with E-state index in [-0.39, 0.29) is 11.7 Å². The van der Waals surface area contributed by atoms with Crippen molar-refractivity contribution in [1.29, 1.82) is 0 Å². The smallest absolute Gasteiger partial charge is 0.224 e. The van der Waals surface area contributed by atoms with Crippen LogP contribution in [0.3, 0.4) is 0 Å². The largest absolute Gasteiger partial charge is 0.506 e. The molecule has 0 unspecified atom stereocenters. The summed E-state index contributed by atoms with van der Waals surface area (Å²) in [5.74, 6) is 0.123. The minimum Gasteiger partial charge on any atom is -0.506 e. The van der Waals surface area contributed by atoms with E-state index < -0.39 is 0 Å². The summed E-state index contributed by atoms with van der Waals surface area (Å²) >= 11 is 0. The van der Waals surface area contributed by atoms with Gasteiger partial charge in [-0.1, -0.05) is 70.8 Å². The number of aromatic hydroxyl groups is 1.